The summed E-state index contributed by atoms with van der Waals surface area (Å²) in [5, 5.41) is 0. The summed E-state index contributed by atoms with van der Waals surface area (Å²) in [6.45, 7) is 0.535. The van der Waals surface area contributed by atoms with E-state index >= 15 is 0 Å². The van der Waals surface area contributed by atoms with Crippen LogP contribution in [0.15, 0.2) is 78.9 Å². The SMILES string of the molecule is COc1cccc(CC2(c3ccccc3)SCCCS2)c1OCc1ccccc1. The van der Waals surface area contributed by atoms with E-state index in [1.807, 2.05) is 24.3 Å². The molecule has 0 unspecified atom stereocenters. The molecule has 29 heavy (non-hydrogen) atoms. The molecule has 2 nitrogen and oxygen atoms in total. The predicted molar refractivity (Wildman–Crippen MR) is 125 cm³/mol. The first kappa shape index (κ1) is 20.2. The molecule has 0 bridgehead atoms. The number of methoxy groups -OCH3 is 1. The second-order valence-corrected chi connectivity index (χ2v) is 10.1. The van der Waals surface area contributed by atoms with E-state index < -0.39 is 0 Å². The van der Waals surface area contributed by atoms with E-state index in [-0.39, 0.29) is 4.08 Å². The highest BCUT2D eigenvalue weighted by atomic mass is 32.2. The van der Waals surface area contributed by atoms with Crippen LogP contribution in [-0.2, 0) is 17.1 Å². The van der Waals surface area contributed by atoms with Crippen LogP contribution in [0.4, 0.5) is 0 Å². The van der Waals surface area contributed by atoms with E-state index in [1.165, 1.54) is 29.1 Å². The third-order valence-corrected chi connectivity index (χ3v) is 8.49. The number of hydrogen-bond acceptors (Lipinski definition) is 4. The normalized spacial score (nSPS) is 15.6. The van der Waals surface area contributed by atoms with Crippen LogP contribution in [0.1, 0.15) is 23.1 Å². The fourth-order valence-corrected chi connectivity index (χ4v) is 7.02. The van der Waals surface area contributed by atoms with Crippen molar-refractivity contribution < 1.29 is 9.47 Å². The molecule has 3 aromatic rings. The topological polar surface area (TPSA) is 18.5 Å². The Labute approximate surface area is 182 Å². The average Bonchev–Trinajstić information content (AvgIpc) is 2.80. The molecule has 0 atom stereocenters. The Kier molecular flexibility index (Phi) is 6.73. The fraction of sp³-hybridized carbons (Fsp3) is 0.280. The molecule has 0 saturated carbocycles. The quantitative estimate of drug-likeness (QED) is 0.430. The van der Waals surface area contributed by atoms with Gasteiger partial charge in [0.25, 0.3) is 0 Å². The van der Waals surface area contributed by atoms with Gasteiger partial charge in [-0.1, -0.05) is 72.8 Å². The van der Waals surface area contributed by atoms with Crippen molar-refractivity contribution >= 4 is 23.5 Å². The average molecular weight is 423 g/mol. The molecule has 0 radical (unpaired) electrons. The highest BCUT2D eigenvalue weighted by molar-refractivity contribution is 8.18. The van der Waals surface area contributed by atoms with Crippen LogP contribution >= 0.6 is 23.5 Å². The van der Waals surface area contributed by atoms with E-state index in [9.17, 15) is 0 Å². The molecule has 4 rings (SSSR count). The minimum atomic E-state index is 0.0106. The lowest BCUT2D eigenvalue weighted by atomic mass is 10.0. The van der Waals surface area contributed by atoms with Gasteiger partial charge in [0.2, 0.25) is 0 Å². The van der Waals surface area contributed by atoms with Gasteiger partial charge in [-0.25, -0.2) is 0 Å². The standard InChI is InChI=1S/C25H26O2S2/c1-26-23-15-8-12-21(24(23)27-19-20-10-4-2-5-11-20)18-25(28-16-9-17-29-25)22-13-6-3-7-14-22/h2-8,10-15H,9,16-19H2,1H3. The van der Waals surface area contributed by atoms with Crippen LogP contribution in [0.2, 0.25) is 0 Å². The van der Waals surface area contributed by atoms with E-state index in [0.29, 0.717) is 6.61 Å². The highest BCUT2D eigenvalue weighted by Gasteiger charge is 2.37. The van der Waals surface area contributed by atoms with E-state index in [4.69, 9.17) is 9.47 Å². The molecule has 0 spiro atoms. The van der Waals surface area contributed by atoms with Crippen LogP contribution in [-0.4, -0.2) is 18.6 Å². The first-order valence-corrected chi connectivity index (χ1v) is 11.9. The van der Waals surface area contributed by atoms with Gasteiger partial charge in [-0.15, -0.1) is 23.5 Å². The maximum absolute atomic E-state index is 6.32. The van der Waals surface area contributed by atoms with Gasteiger partial charge in [0.05, 0.1) is 11.2 Å². The smallest absolute Gasteiger partial charge is 0.164 e. The van der Waals surface area contributed by atoms with Crippen molar-refractivity contribution in [3.63, 3.8) is 0 Å². The van der Waals surface area contributed by atoms with Crippen molar-refractivity contribution in [2.45, 2.75) is 23.5 Å². The molecule has 1 saturated heterocycles. The minimum absolute atomic E-state index is 0.0106. The van der Waals surface area contributed by atoms with Crippen LogP contribution in [0.5, 0.6) is 11.5 Å². The summed E-state index contributed by atoms with van der Waals surface area (Å²) in [5.74, 6) is 4.03. The van der Waals surface area contributed by atoms with Crippen LogP contribution in [0.25, 0.3) is 0 Å². The van der Waals surface area contributed by atoms with E-state index in [1.54, 1.807) is 7.11 Å². The maximum Gasteiger partial charge on any atom is 0.164 e. The Balaban J connectivity index is 1.66. The van der Waals surface area contributed by atoms with Crippen molar-refractivity contribution in [1.82, 2.24) is 0 Å². The molecule has 0 amide bonds. The second-order valence-electron chi connectivity index (χ2n) is 7.07. The summed E-state index contributed by atoms with van der Waals surface area (Å²) in [5.41, 5.74) is 3.74. The molecule has 4 heteroatoms. The summed E-state index contributed by atoms with van der Waals surface area (Å²) >= 11 is 4.12. The van der Waals surface area contributed by atoms with Crippen molar-refractivity contribution in [2.75, 3.05) is 18.6 Å². The zero-order valence-corrected chi connectivity index (χ0v) is 18.3. The predicted octanol–water partition coefficient (Wildman–Crippen LogP) is 6.54. The van der Waals surface area contributed by atoms with Gasteiger partial charge in [0.1, 0.15) is 6.61 Å². The summed E-state index contributed by atoms with van der Waals surface area (Å²) in [4.78, 5) is 0. The van der Waals surface area contributed by atoms with Gasteiger partial charge in [0.15, 0.2) is 11.5 Å². The summed E-state index contributed by atoms with van der Waals surface area (Å²) in [6.07, 6.45) is 2.17. The number of benzene rings is 3. The molecule has 150 valence electrons. The Bertz CT molecular complexity index is 907. The monoisotopic (exact) mass is 422 g/mol. The van der Waals surface area contributed by atoms with Gasteiger partial charge in [-0.05, 0) is 35.1 Å². The molecule has 1 aliphatic heterocycles. The van der Waals surface area contributed by atoms with Crippen molar-refractivity contribution in [3.05, 3.63) is 95.6 Å². The Hall–Kier alpha value is -2.04. The van der Waals surface area contributed by atoms with Gasteiger partial charge in [-0.3, -0.25) is 0 Å². The molecule has 1 aliphatic rings. The molecule has 3 aromatic carbocycles. The first-order valence-electron chi connectivity index (χ1n) is 9.97. The summed E-state index contributed by atoms with van der Waals surface area (Å²) in [6, 6.07) is 27.4. The Morgan fingerprint density at radius 1 is 0.828 bits per heavy atom. The number of hydrogen-bond donors (Lipinski definition) is 0. The molecule has 0 aromatic heterocycles. The first-order chi connectivity index (χ1) is 14.3. The van der Waals surface area contributed by atoms with Gasteiger partial charge in [0, 0.05) is 12.0 Å². The van der Waals surface area contributed by atoms with Crippen molar-refractivity contribution in [1.29, 1.82) is 0 Å². The zero-order chi connectivity index (χ0) is 19.9. The fourth-order valence-electron chi connectivity index (χ4n) is 3.64. The number of ether oxygens (including phenoxy) is 2. The van der Waals surface area contributed by atoms with Crippen LogP contribution < -0.4 is 9.47 Å². The second kappa shape index (κ2) is 9.64. The lowest BCUT2D eigenvalue weighted by Gasteiger charge is -2.37. The van der Waals surface area contributed by atoms with Gasteiger partial charge < -0.3 is 9.47 Å². The number of thioether (sulfide) groups is 2. The Morgan fingerprint density at radius 3 is 2.21 bits per heavy atom. The van der Waals surface area contributed by atoms with Crippen LogP contribution in [0.3, 0.4) is 0 Å². The third kappa shape index (κ3) is 4.76. The highest BCUT2D eigenvalue weighted by Crippen LogP contribution is 2.53. The molecular formula is C25H26O2S2. The maximum atomic E-state index is 6.32. The molecule has 0 aliphatic carbocycles. The largest absolute Gasteiger partial charge is 0.493 e. The van der Waals surface area contributed by atoms with Crippen molar-refractivity contribution in [3.8, 4) is 11.5 Å². The summed E-state index contributed by atoms with van der Waals surface area (Å²) in [7, 11) is 1.71. The third-order valence-electron chi connectivity index (χ3n) is 5.10. The molecule has 1 heterocycles. The Morgan fingerprint density at radius 2 is 1.52 bits per heavy atom. The minimum Gasteiger partial charge on any atom is -0.493 e. The number of rotatable bonds is 7. The summed E-state index contributed by atoms with van der Waals surface area (Å²) < 4.78 is 12.0. The molecule has 1 fully saturated rings. The molecule has 0 N–H and O–H groups in total. The van der Waals surface area contributed by atoms with E-state index in [2.05, 4.69) is 78.1 Å². The van der Waals surface area contributed by atoms with Gasteiger partial charge in [-0.2, -0.15) is 0 Å². The zero-order valence-electron chi connectivity index (χ0n) is 16.7. The van der Waals surface area contributed by atoms with E-state index in [0.717, 1.165) is 23.5 Å². The van der Waals surface area contributed by atoms with Crippen molar-refractivity contribution in [2.24, 2.45) is 0 Å². The number of para-hydroxylation sites is 1. The lowest BCUT2D eigenvalue weighted by molar-refractivity contribution is 0.281. The van der Waals surface area contributed by atoms with Crippen LogP contribution in [0, 0.1) is 0 Å². The van der Waals surface area contributed by atoms with Gasteiger partial charge >= 0.3 is 0 Å². The molecular weight excluding hydrogens is 396 g/mol. The lowest BCUT2D eigenvalue weighted by Crippen LogP contribution is -2.26.